The summed E-state index contributed by atoms with van der Waals surface area (Å²) in [6.45, 7) is 9.74. The first-order valence-corrected chi connectivity index (χ1v) is 11.4. The van der Waals surface area contributed by atoms with Crippen molar-refractivity contribution in [3.8, 4) is 22.6 Å². The number of carbonyl (C=O) groups excluding carboxylic acids is 1. The molecule has 4 rings (SSSR count). The predicted molar refractivity (Wildman–Crippen MR) is 132 cm³/mol. The number of hydrogen-bond donors (Lipinski definition) is 0. The summed E-state index contributed by atoms with van der Waals surface area (Å²) in [5.74, 6) is 1.58. The maximum absolute atomic E-state index is 13.0. The molecule has 0 bridgehead atoms. The summed E-state index contributed by atoms with van der Waals surface area (Å²) in [6.07, 6.45) is 3.50. The number of benzene rings is 2. The molecule has 0 radical (unpaired) electrons. The van der Waals surface area contributed by atoms with Gasteiger partial charge in [-0.15, -0.1) is 0 Å². The van der Waals surface area contributed by atoms with E-state index >= 15 is 0 Å². The number of amides is 1. The monoisotopic (exact) mass is 448 g/mol. The lowest BCUT2D eigenvalue weighted by molar-refractivity contribution is -0.127. The van der Waals surface area contributed by atoms with Crippen molar-refractivity contribution in [1.82, 2.24) is 9.80 Å². The Balaban J connectivity index is 1.81. The van der Waals surface area contributed by atoms with Gasteiger partial charge in [0.05, 0.1) is 20.0 Å². The Morgan fingerprint density at radius 1 is 1.15 bits per heavy atom. The molecule has 1 fully saturated rings. The van der Waals surface area contributed by atoms with Gasteiger partial charge in [-0.2, -0.15) is 0 Å². The highest BCUT2D eigenvalue weighted by atomic mass is 16.5. The standard InChI is InChI=1S/C27H32N2O4/c1-6-32-26-19(3)27-22(23(17-33-27)20-9-7-8-10-24(20)31-5)16-21(26)18(2)15-25(30)29-13-11-28(4)12-14-29/h7-10,15-17H,6,11-14H2,1-5H3/b18-15+. The minimum absolute atomic E-state index is 0.0398. The number of piperazine rings is 1. The van der Waals surface area contributed by atoms with Crippen LogP contribution in [0.5, 0.6) is 11.5 Å². The van der Waals surface area contributed by atoms with Crippen LogP contribution in [-0.2, 0) is 4.79 Å². The lowest BCUT2D eigenvalue weighted by Crippen LogP contribution is -2.46. The number of ether oxygens (including phenoxy) is 2. The zero-order valence-corrected chi connectivity index (χ0v) is 20.1. The first kappa shape index (κ1) is 22.9. The van der Waals surface area contributed by atoms with Crippen molar-refractivity contribution in [3.63, 3.8) is 0 Å². The summed E-state index contributed by atoms with van der Waals surface area (Å²) in [4.78, 5) is 17.1. The Hall–Kier alpha value is -3.25. The van der Waals surface area contributed by atoms with Crippen LogP contribution in [0.4, 0.5) is 0 Å². The quantitative estimate of drug-likeness (QED) is 0.497. The highest BCUT2D eigenvalue weighted by Gasteiger charge is 2.22. The van der Waals surface area contributed by atoms with Crippen LogP contribution in [0.1, 0.15) is 25.0 Å². The second-order valence-electron chi connectivity index (χ2n) is 8.49. The molecule has 1 saturated heterocycles. The van der Waals surface area contributed by atoms with E-state index < -0.39 is 0 Å². The minimum atomic E-state index is 0.0398. The van der Waals surface area contributed by atoms with Gasteiger partial charge in [-0.1, -0.05) is 18.2 Å². The van der Waals surface area contributed by atoms with Crippen LogP contribution in [0.3, 0.4) is 0 Å². The average molecular weight is 449 g/mol. The Bertz CT molecular complexity index is 1190. The van der Waals surface area contributed by atoms with Crippen LogP contribution in [0, 0.1) is 6.92 Å². The van der Waals surface area contributed by atoms with Crippen LogP contribution in [-0.4, -0.2) is 62.7 Å². The summed E-state index contributed by atoms with van der Waals surface area (Å²) < 4.78 is 17.6. The summed E-state index contributed by atoms with van der Waals surface area (Å²) in [6, 6.07) is 9.97. The second-order valence-corrected chi connectivity index (χ2v) is 8.49. The molecule has 1 aliphatic rings. The van der Waals surface area contributed by atoms with Crippen LogP contribution >= 0.6 is 0 Å². The van der Waals surface area contributed by atoms with Crippen molar-refractivity contribution in [2.24, 2.45) is 0 Å². The number of nitrogens with zero attached hydrogens (tertiary/aromatic N) is 2. The van der Waals surface area contributed by atoms with Crippen LogP contribution in [0.15, 0.2) is 47.1 Å². The van der Waals surface area contributed by atoms with Crippen LogP contribution in [0.25, 0.3) is 27.7 Å². The fourth-order valence-electron chi connectivity index (χ4n) is 4.40. The maximum atomic E-state index is 13.0. The van der Waals surface area contributed by atoms with Gasteiger partial charge < -0.3 is 23.7 Å². The Morgan fingerprint density at radius 3 is 2.58 bits per heavy atom. The van der Waals surface area contributed by atoms with Gasteiger partial charge in [-0.25, -0.2) is 0 Å². The van der Waals surface area contributed by atoms with Gasteiger partial charge in [0.2, 0.25) is 5.91 Å². The van der Waals surface area contributed by atoms with Gasteiger partial charge in [0.25, 0.3) is 0 Å². The molecular weight excluding hydrogens is 416 g/mol. The number of rotatable bonds is 6. The third-order valence-electron chi connectivity index (χ3n) is 6.31. The van der Waals surface area contributed by atoms with E-state index in [2.05, 4.69) is 18.0 Å². The number of hydrogen-bond acceptors (Lipinski definition) is 5. The average Bonchev–Trinajstić information content (AvgIpc) is 3.25. The molecule has 0 aliphatic carbocycles. The third kappa shape index (κ3) is 4.48. The summed E-state index contributed by atoms with van der Waals surface area (Å²) in [7, 11) is 3.75. The highest BCUT2D eigenvalue weighted by molar-refractivity contribution is 6.02. The molecule has 2 aromatic carbocycles. The predicted octanol–water partition coefficient (Wildman–Crippen LogP) is 4.99. The molecule has 6 heteroatoms. The lowest BCUT2D eigenvalue weighted by atomic mass is 9.96. The van der Waals surface area contributed by atoms with Crippen molar-refractivity contribution in [2.45, 2.75) is 20.8 Å². The smallest absolute Gasteiger partial charge is 0.246 e. The molecule has 1 amide bonds. The van der Waals surface area contributed by atoms with Gasteiger partial charge in [-0.05, 0) is 45.5 Å². The Kier molecular flexibility index (Phi) is 6.75. The van der Waals surface area contributed by atoms with E-state index in [0.717, 1.165) is 76.5 Å². The molecule has 1 aliphatic heterocycles. The maximum Gasteiger partial charge on any atom is 0.246 e. The van der Waals surface area contributed by atoms with E-state index in [0.29, 0.717) is 6.61 Å². The van der Waals surface area contributed by atoms with Gasteiger partial charge in [0.15, 0.2) is 0 Å². The number of furan rings is 1. The SMILES string of the molecule is CCOc1c(/C(C)=C/C(=O)N2CCN(C)CC2)cc2c(-c3ccccc3OC)coc2c1C. The van der Waals surface area contributed by atoms with Gasteiger partial charge in [0, 0.05) is 59.9 Å². The third-order valence-corrected chi connectivity index (χ3v) is 6.31. The first-order chi connectivity index (χ1) is 15.9. The van der Waals surface area contributed by atoms with Gasteiger partial charge in [0.1, 0.15) is 17.1 Å². The number of allylic oxidation sites excluding steroid dienone is 1. The van der Waals surface area contributed by atoms with Crippen molar-refractivity contribution >= 4 is 22.4 Å². The van der Waals surface area contributed by atoms with E-state index in [9.17, 15) is 4.79 Å². The number of likely N-dealkylation sites (N-methyl/N-ethyl adjacent to an activating group) is 1. The van der Waals surface area contributed by atoms with E-state index in [1.165, 1.54) is 0 Å². The van der Waals surface area contributed by atoms with E-state index in [1.54, 1.807) is 19.4 Å². The lowest BCUT2D eigenvalue weighted by Gasteiger charge is -2.31. The van der Waals surface area contributed by atoms with Crippen molar-refractivity contribution < 1.29 is 18.7 Å². The molecule has 174 valence electrons. The molecule has 1 aromatic heterocycles. The number of methoxy groups -OCH3 is 1. The van der Waals surface area contributed by atoms with Crippen LogP contribution < -0.4 is 9.47 Å². The largest absolute Gasteiger partial charge is 0.496 e. The van der Waals surface area contributed by atoms with Crippen LogP contribution in [0.2, 0.25) is 0 Å². The van der Waals surface area contributed by atoms with E-state index in [4.69, 9.17) is 13.9 Å². The molecular formula is C27H32N2O4. The zero-order chi connectivity index (χ0) is 23.5. The topological polar surface area (TPSA) is 55.2 Å². The fraction of sp³-hybridized carbons (Fsp3) is 0.370. The molecule has 6 nitrogen and oxygen atoms in total. The molecule has 0 N–H and O–H groups in total. The number of aryl methyl sites for hydroxylation is 1. The highest BCUT2D eigenvalue weighted by Crippen LogP contribution is 2.42. The van der Waals surface area contributed by atoms with Crippen molar-refractivity contribution in [2.75, 3.05) is 46.9 Å². The number of fused-ring (bicyclic) bond motifs is 1. The Labute approximate surface area is 195 Å². The molecule has 3 aromatic rings. The number of para-hydroxylation sites is 1. The molecule has 0 atom stereocenters. The first-order valence-electron chi connectivity index (χ1n) is 11.4. The molecule has 0 spiro atoms. The summed E-state index contributed by atoms with van der Waals surface area (Å²) in [5, 5.41) is 0.968. The number of carbonyl (C=O) groups is 1. The van der Waals surface area contributed by atoms with Gasteiger partial charge >= 0.3 is 0 Å². The molecule has 33 heavy (non-hydrogen) atoms. The fourth-order valence-corrected chi connectivity index (χ4v) is 4.40. The molecule has 0 unspecified atom stereocenters. The Morgan fingerprint density at radius 2 is 1.88 bits per heavy atom. The van der Waals surface area contributed by atoms with Crippen molar-refractivity contribution in [3.05, 3.63) is 53.8 Å². The van der Waals surface area contributed by atoms with Crippen molar-refractivity contribution in [1.29, 1.82) is 0 Å². The summed E-state index contributed by atoms with van der Waals surface area (Å²) >= 11 is 0. The molecule has 0 saturated carbocycles. The summed E-state index contributed by atoms with van der Waals surface area (Å²) in [5.41, 5.74) is 5.39. The second kappa shape index (κ2) is 9.71. The van der Waals surface area contributed by atoms with E-state index in [-0.39, 0.29) is 5.91 Å². The zero-order valence-electron chi connectivity index (χ0n) is 20.1. The normalized spacial score (nSPS) is 15.2. The molecule has 2 heterocycles. The minimum Gasteiger partial charge on any atom is -0.496 e. The van der Waals surface area contributed by atoms with E-state index in [1.807, 2.05) is 49.9 Å². The van der Waals surface area contributed by atoms with Gasteiger partial charge in [-0.3, -0.25) is 4.79 Å².